The Morgan fingerprint density at radius 1 is 1.16 bits per heavy atom. The molecule has 0 aliphatic rings. The van der Waals surface area contributed by atoms with Gasteiger partial charge < -0.3 is 4.74 Å². The summed E-state index contributed by atoms with van der Waals surface area (Å²) in [7, 11) is 1.46. The van der Waals surface area contributed by atoms with Gasteiger partial charge in [0.05, 0.1) is 7.11 Å². The van der Waals surface area contributed by atoms with Gasteiger partial charge in [0.15, 0.2) is 0 Å². The van der Waals surface area contributed by atoms with Crippen LogP contribution in [0.2, 0.25) is 10.0 Å². The minimum absolute atomic E-state index is 0.165. The first-order chi connectivity index (χ1) is 9.10. The quantitative estimate of drug-likeness (QED) is 0.662. The Labute approximate surface area is 123 Å². The largest absolute Gasteiger partial charge is 0.467 e. The molecule has 0 saturated carbocycles. The van der Waals surface area contributed by atoms with Gasteiger partial charge in [-0.15, -0.1) is 0 Å². The number of hydrogen-bond donors (Lipinski definition) is 2. The highest BCUT2D eigenvalue weighted by molar-refractivity contribution is 7.99. The van der Waals surface area contributed by atoms with Crippen molar-refractivity contribution in [3.63, 3.8) is 0 Å². The van der Waals surface area contributed by atoms with E-state index in [4.69, 9.17) is 33.8 Å². The summed E-state index contributed by atoms with van der Waals surface area (Å²) >= 11 is 13.1. The predicted octanol–water partition coefficient (Wildman–Crippen LogP) is 2.62. The van der Waals surface area contributed by atoms with Crippen molar-refractivity contribution in [3.05, 3.63) is 28.2 Å². The zero-order valence-corrected chi connectivity index (χ0v) is 12.1. The fraction of sp³-hybridized carbons (Fsp3) is 0.100. The van der Waals surface area contributed by atoms with E-state index in [2.05, 4.69) is 20.4 Å². The topological polar surface area (TPSA) is 86.0 Å². The number of halogens is 2. The highest BCUT2D eigenvalue weighted by Gasteiger charge is 2.08. The maximum atomic E-state index is 5.93. The molecule has 0 bridgehead atoms. The van der Waals surface area contributed by atoms with Crippen LogP contribution in [0.1, 0.15) is 0 Å². The van der Waals surface area contributed by atoms with Gasteiger partial charge in [0, 0.05) is 14.9 Å². The van der Waals surface area contributed by atoms with Gasteiger partial charge in [-0.1, -0.05) is 23.2 Å². The van der Waals surface area contributed by atoms with Gasteiger partial charge in [0.2, 0.25) is 11.1 Å². The monoisotopic (exact) mass is 317 g/mol. The third-order valence-corrected chi connectivity index (χ3v) is 3.22. The average molecular weight is 318 g/mol. The molecule has 9 heteroatoms. The zero-order chi connectivity index (χ0) is 13.8. The molecule has 2 rings (SSSR count). The number of nitrogen functional groups attached to an aromatic ring is 1. The van der Waals surface area contributed by atoms with Crippen molar-refractivity contribution in [3.8, 4) is 6.01 Å². The van der Waals surface area contributed by atoms with E-state index in [1.165, 1.54) is 18.9 Å². The molecule has 100 valence electrons. The minimum atomic E-state index is 0.165. The standard InChI is InChI=1S/C10H9Cl2N5OS/c1-18-9-14-8(17-13)15-10(16-9)19-7-3-5(11)2-6(12)4-7/h2-4H,13H2,1H3,(H,14,15,16,17). The van der Waals surface area contributed by atoms with Crippen LogP contribution >= 0.6 is 35.0 Å². The lowest BCUT2D eigenvalue weighted by molar-refractivity contribution is 0.373. The second-order valence-electron chi connectivity index (χ2n) is 3.28. The van der Waals surface area contributed by atoms with Crippen molar-refractivity contribution in [2.24, 2.45) is 5.84 Å². The number of anilines is 1. The molecule has 1 aromatic carbocycles. The van der Waals surface area contributed by atoms with Crippen LogP contribution in [0, 0.1) is 0 Å². The lowest BCUT2D eigenvalue weighted by atomic mass is 10.4. The molecule has 0 amide bonds. The van der Waals surface area contributed by atoms with E-state index in [0.717, 1.165) is 4.90 Å². The SMILES string of the molecule is COc1nc(NN)nc(Sc2cc(Cl)cc(Cl)c2)n1. The molecular formula is C10H9Cl2N5OS. The molecule has 0 aliphatic heterocycles. The second kappa shape index (κ2) is 6.25. The van der Waals surface area contributed by atoms with E-state index in [1.807, 2.05) is 0 Å². The Balaban J connectivity index is 2.31. The lowest BCUT2D eigenvalue weighted by Crippen LogP contribution is -2.12. The van der Waals surface area contributed by atoms with E-state index >= 15 is 0 Å². The van der Waals surface area contributed by atoms with E-state index in [-0.39, 0.29) is 12.0 Å². The maximum Gasteiger partial charge on any atom is 0.322 e. The Hall–Kier alpha value is -1.28. The number of nitrogens with two attached hydrogens (primary N) is 1. The smallest absolute Gasteiger partial charge is 0.322 e. The Kier molecular flexibility index (Phi) is 4.65. The first-order valence-corrected chi connectivity index (χ1v) is 6.58. The van der Waals surface area contributed by atoms with Crippen LogP contribution in [0.15, 0.2) is 28.3 Å². The number of ether oxygens (including phenoxy) is 1. The molecule has 0 radical (unpaired) electrons. The number of benzene rings is 1. The van der Waals surface area contributed by atoms with Gasteiger partial charge in [-0.3, -0.25) is 5.43 Å². The lowest BCUT2D eigenvalue weighted by Gasteiger charge is -2.05. The Bertz CT molecular complexity index is 556. The number of hydrazine groups is 1. The summed E-state index contributed by atoms with van der Waals surface area (Å²) in [6.07, 6.45) is 0. The number of aromatic nitrogens is 3. The maximum absolute atomic E-state index is 5.93. The Morgan fingerprint density at radius 3 is 2.42 bits per heavy atom. The van der Waals surface area contributed by atoms with Gasteiger partial charge in [-0.05, 0) is 30.0 Å². The van der Waals surface area contributed by atoms with Crippen LogP contribution in [-0.4, -0.2) is 22.1 Å². The van der Waals surface area contributed by atoms with Crippen LogP contribution < -0.4 is 16.0 Å². The van der Waals surface area contributed by atoms with Crippen LogP contribution in [0.25, 0.3) is 0 Å². The molecule has 1 aromatic heterocycles. The third kappa shape index (κ3) is 3.84. The summed E-state index contributed by atoms with van der Waals surface area (Å²) in [5.74, 6) is 5.48. The summed E-state index contributed by atoms with van der Waals surface area (Å²) < 4.78 is 4.96. The number of rotatable bonds is 4. The molecule has 0 aliphatic carbocycles. The van der Waals surface area contributed by atoms with Crippen molar-refractivity contribution in [2.45, 2.75) is 10.1 Å². The molecule has 3 N–H and O–H groups in total. The van der Waals surface area contributed by atoms with Gasteiger partial charge in [-0.2, -0.15) is 15.0 Å². The van der Waals surface area contributed by atoms with Crippen LogP contribution in [-0.2, 0) is 0 Å². The number of nitrogens with zero attached hydrogens (tertiary/aromatic N) is 3. The van der Waals surface area contributed by atoms with Crippen molar-refractivity contribution in [1.29, 1.82) is 0 Å². The molecule has 19 heavy (non-hydrogen) atoms. The third-order valence-electron chi connectivity index (χ3n) is 1.95. The normalized spacial score (nSPS) is 10.3. The number of methoxy groups -OCH3 is 1. The minimum Gasteiger partial charge on any atom is -0.467 e. The second-order valence-corrected chi connectivity index (χ2v) is 5.19. The molecule has 0 saturated heterocycles. The molecular weight excluding hydrogens is 309 g/mol. The molecule has 2 aromatic rings. The van der Waals surface area contributed by atoms with Gasteiger partial charge in [0.1, 0.15) is 0 Å². The van der Waals surface area contributed by atoms with E-state index in [0.29, 0.717) is 15.2 Å². The molecule has 0 unspecified atom stereocenters. The van der Waals surface area contributed by atoms with Gasteiger partial charge in [0.25, 0.3) is 0 Å². The fourth-order valence-corrected chi connectivity index (χ4v) is 2.73. The Morgan fingerprint density at radius 2 is 1.84 bits per heavy atom. The van der Waals surface area contributed by atoms with Gasteiger partial charge >= 0.3 is 6.01 Å². The summed E-state index contributed by atoms with van der Waals surface area (Å²) in [5.41, 5.74) is 2.34. The zero-order valence-electron chi connectivity index (χ0n) is 9.72. The van der Waals surface area contributed by atoms with Crippen LogP contribution in [0.5, 0.6) is 6.01 Å². The average Bonchev–Trinajstić information content (AvgIpc) is 2.37. The van der Waals surface area contributed by atoms with E-state index in [1.54, 1.807) is 18.2 Å². The van der Waals surface area contributed by atoms with Crippen LogP contribution in [0.3, 0.4) is 0 Å². The number of nitrogens with one attached hydrogen (secondary N) is 1. The van der Waals surface area contributed by atoms with Crippen LogP contribution in [0.4, 0.5) is 5.95 Å². The molecule has 1 heterocycles. The number of hydrogen-bond acceptors (Lipinski definition) is 7. The molecule has 0 fully saturated rings. The van der Waals surface area contributed by atoms with E-state index < -0.39 is 0 Å². The molecule has 0 atom stereocenters. The summed E-state index contributed by atoms with van der Waals surface area (Å²) in [6.45, 7) is 0. The summed E-state index contributed by atoms with van der Waals surface area (Å²) in [6, 6.07) is 5.32. The highest BCUT2D eigenvalue weighted by Crippen LogP contribution is 2.30. The van der Waals surface area contributed by atoms with Crippen molar-refractivity contribution in [2.75, 3.05) is 12.5 Å². The predicted molar refractivity (Wildman–Crippen MR) is 74.8 cm³/mol. The fourth-order valence-electron chi connectivity index (χ4n) is 1.23. The molecule has 0 spiro atoms. The van der Waals surface area contributed by atoms with Crippen molar-refractivity contribution in [1.82, 2.24) is 15.0 Å². The summed E-state index contributed by atoms with van der Waals surface area (Å²) in [4.78, 5) is 12.9. The van der Waals surface area contributed by atoms with Crippen molar-refractivity contribution < 1.29 is 4.74 Å². The first kappa shape index (κ1) is 14.1. The van der Waals surface area contributed by atoms with Gasteiger partial charge in [-0.25, -0.2) is 5.84 Å². The summed E-state index contributed by atoms with van der Waals surface area (Å²) in [5, 5.41) is 1.49. The van der Waals surface area contributed by atoms with Crippen molar-refractivity contribution >= 4 is 40.9 Å². The molecule has 6 nitrogen and oxygen atoms in total. The first-order valence-electron chi connectivity index (χ1n) is 5.01. The highest BCUT2D eigenvalue weighted by atomic mass is 35.5. The van der Waals surface area contributed by atoms with E-state index in [9.17, 15) is 0 Å².